The minimum absolute atomic E-state index is 0.00345. The van der Waals surface area contributed by atoms with Crippen molar-refractivity contribution in [2.45, 2.75) is 46.1 Å². The second-order valence-electron chi connectivity index (χ2n) is 7.88. The normalized spacial score (nSPS) is 11.0. The molecule has 0 heterocycles. The van der Waals surface area contributed by atoms with E-state index in [1.807, 2.05) is 26.0 Å². The highest BCUT2D eigenvalue weighted by Gasteiger charge is 2.15. The Morgan fingerprint density at radius 1 is 0.931 bits per heavy atom. The van der Waals surface area contributed by atoms with Gasteiger partial charge in [-0.15, -0.1) is 0 Å². The molecule has 0 spiro atoms. The predicted molar refractivity (Wildman–Crippen MR) is 118 cm³/mol. The van der Waals surface area contributed by atoms with Crippen LogP contribution in [0.4, 0.5) is 0 Å². The molecule has 154 valence electrons. The highest BCUT2D eigenvalue weighted by atomic mass is 32.1. The number of hydrazine groups is 1. The molecule has 2 aromatic rings. The van der Waals surface area contributed by atoms with E-state index >= 15 is 0 Å². The van der Waals surface area contributed by atoms with E-state index in [9.17, 15) is 9.59 Å². The van der Waals surface area contributed by atoms with E-state index in [1.165, 1.54) is 0 Å². The first kappa shape index (κ1) is 22.4. The monoisotopic (exact) mass is 413 g/mol. The Morgan fingerprint density at radius 2 is 1.59 bits per heavy atom. The standard InChI is InChI=1S/C22H27N3O3S/c1-14(2)28-18-8-6-7-16(13-18)19(26)23-21(29)25-24-20(27)15-9-11-17(12-10-15)22(3,4)5/h6-14H,1-5H3,(H,24,27)(H2,23,25,26,29). The summed E-state index contributed by atoms with van der Waals surface area (Å²) < 4.78 is 5.58. The molecule has 0 atom stereocenters. The lowest BCUT2D eigenvalue weighted by Crippen LogP contribution is -2.48. The Bertz CT molecular complexity index is 887. The van der Waals surface area contributed by atoms with Crippen LogP contribution in [0, 0.1) is 0 Å². The zero-order valence-corrected chi connectivity index (χ0v) is 18.1. The third kappa shape index (κ3) is 6.87. The SMILES string of the molecule is CC(C)Oc1cccc(C(=O)NC(=S)NNC(=O)c2ccc(C(C)(C)C)cc2)c1. The van der Waals surface area contributed by atoms with Crippen LogP contribution in [-0.4, -0.2) is 23.0 Å². The maximum atomic E-state index is 12.3. The first-order chi connectivity index (χ1) is 13.6. The van der Waals surface area contributed by atoms with Crippen molar-refractivity contribution >= 4 is 29.1 Å². The number of nitrogens with one attached hydrogen (secondary N) is 3. The maximum Gasteiger partial charge on any atom is 0.269 e. The fraction of sp³-hybridized carbons (Fsp3) is 0.318. The van der Waals surface area contributed by atoms with Crippen LogP contribution in [0.15, 0.2) is 48.5 Å². The largest absolute Gasteiger partial charge is 0.491 e. The lowest BCUT2D eigenvalue weighted by molar-refractivity contribution is 0.0934. The Hall–Kier alpha value is -2.93. The average Bonchev–Trinajstić information content (AvgIpc) is 2.65. The van der Waals surface area contributed by atoms with E-state index in [-0.39, 0.29) is 22.5 Å². The fourth-order valence-corrected chi connectivity index (χ4v) is 2.64. The van der Waals surface area contributed by atoms with Crippen LogP contribution in [0.5, 0.6) is 5.75 Å². The lowest BCUT2D eigenvalue weighted by atomic mass is 9.87. The lowest BCUT2D eigenvalue weighted by Gasteiger charge is -2.19. The van der Waals surface area contributed by atoms with Gasteiger partial charge in [0.1, 0.15) is 5.75 Å². The van der Waals surface area contributed by atoms with Crippen molar-refractivity contribution in [3.8, 4) is 5.75 Å². The molecule has 0 radical (unpaired) electrons. The number of hydrogen-bond donors (Lipinski definition) is 3. The number of benzene rings is 2. The van der Waals surface area contributed by atoms with Gasteiger partial charge in [0.2, 0.25) is 0 Å². The van der Waals surface area contributed by atoms with Crippen molar-refractivity contribution in [3.05, 3.63) is 65.2 Å². The fourth-order valence-electron chi connectivity index (χ4n) is 2.50. The third-order valence-corrected chi connectivity index (χ3v) is 4.20. The number of hydrogen-bond acceptors (Lipinski definition) is 4. The second kappa shape index (κ2) is 9.52. The molecule has 0 aliphatic rings. The number of amides is 2. The molecule has 0 aliphatic carbocycles. The molecule has 6 nitrogen and oxygen atoms in total. The summed E-state index contributed by atoms with van der Waals surface area (Å²) in [5.41, 5.74) is 7.05. The topological polar surface area (TPSA) is 79.5 Å². The van der Waals surface area contributed by atoms with Crippen LogP contribution >= 0.6 is 12.2 Å². The zero-order valence-electron chi connectivity index (χ0n) is 17.3. The van der Waals surface area contributed by atoms with Crippen LogP contribution in [0.25, 0.3) is 0 Å². The van der Waals surface area contributed by atoms with Gasteiger partial charge >= 0.3 is 0 Å². The molecule has 29 heavy (non-hydrogen) atoms. The summed E-state index contributed by atoms with van der Waals surface area (Å²) in [7, 11) is 0. The van der Waals surface area contributed by atoms with Crippen molar-refractivity contribution in [3.63, 3.8) is 0 Å². The van der Waals surface area contributed by atoms with E-state index < -0.39 is 5.91 Å². The van der Waals surface area contributed by atoms with Gasteiger partial charge in [0.15, 0.2) is 5.11 Å². The minimum Gasteiger partial charge on any atom is -0.491 e. The van der Waals surface area contributed by atoms with Gasteiger partial charge in [-0.1, -0.05) is 39.0 Å². The molecule has 3 N–H and O–H groups in total. The quantitative estimate of drug-likeness (QED) is 0.526. The van der Waals surface area contributed by atoms with Crippen LogP contribution in [-0.2, 0) is 5.41 Å². The summed E-state index contributed by atoms with van der Waals surface area (Å²) in [5.74, 6) is -0.159. The maximum absolute atomic E-state index is 12.3. The highest BCUT2D eigenvalue weighted by Crippen LogP contribution is 2.22. The summed E-state index contributed by atoms with van der Waals surface area (Å²) in [5, 5.41) is 2.51. The van der Waals surface area contributed by atoms with Crippen LogP contribution in [0.1, 0.15) is 60.9 Å². The highest BCUT2D eigenvalue weighted by molar-refractivity contribution is 7.80. The van der Waals surface area contributed by atoms with Crippen LogP contribution in [0.3, 0.4) is 0 Å². The van der Waals surface area contributed by atoms with Crippen molar-refractivity contribution < 1.29 is 14.3 Å². The van der Waals surface area contributed by atoms with Gasteiger partial charge in [-0.25, -0.2) is 0 Å². The Balaban J connectivity index is 1.89. The van der Waals surface area contributed by atoms with Gasteiger partial charge in [-0.3, -0.25) is 25.8 Å². The number of rotatable bonds is 4. The van der Waals surface area contributed by atoms with E-state index in [1.54, 1.807) is 36.4 Å². The number of carbonyl (C=O) groups is 2. The molecular weight excluding hydrogens is 386 g/mol. The first-order valence-corrected chi connectivity index (χ1v) is 9.76. The van der Waals surface area contributed by atoms with Gasteiger partial charge in [-0.05, 0) is 67.4 Å². The molecule has 7 heteroatoms. The predicted octanol–water partition coefficient (Wildman–Crippen LogP) is 3.72. The zero-order chi connectivity index (χ0) is 21.6. The third-order valence-electron chi connectivity index (χ3n) is 4.00. The summed E-state index contributed by atoms with van der Waals surface area (Å²) in [4.78, 5) is 24.6. The number of ether oxygens (including phenoxy) is 1. The van der Waals surface area contributed by atoms with E-state index in [0.29, 0.717) is 16.9 Å². The Morgan fingerprint density at radius 3 is 2.17 bits per heavy atom. The molecule has 0 aromatic heterocycles. The minimum atomic E-state index is -0.402. The summed E-state index contributed by atoms with van der Waals surface area (Å²) in [6.07, 6.45) is 0.00345. The van der Waals surface area contributed by atoms with Crippen LogP contribution < -0.4 is 20.9 Å². The van der Waals surface area contributed by atoms with Crippen molar-refractivity contribution in [2.24, 2.45) is 0 Å². The van der Waals surface area contributed by atoms with E-state index in [2.05, 4.69) is 36.9 Å². The molecule has 0 bridgehead atoms. The van der Waals surface area contributed by atoms with E-state index in [4.69, 9.17) is 17.0 Å². The van der Waals surface area contributed by atoms with Gasteiger partial charge in [0.05, 0.1) is 6.10 Å². The summed E-state index contributed by atoms with van der Waals surface area (Å²) >= 11 is 5.08. The van der Waals surface area contributed by atoms with Gasteiger partial charge in [0, 0.05) is 11.1 Å². The number of carbonyl (C=O) groups excluding carboxylic acids is 2. The van der Waals surface area contributed by atoms with Crippen LogP contribution in [0.2, 0.25) is 0 Å². The molecule has 0 unspecified atom stereocenters. The average molecular weight is 414 g/mol. The molecule has 0 saturated carbocycles. The van der Waals surface area contributed by atoms with E-state index in [0.717, 1.165) is 5.56 Å². The molecule has 0 aliphatic heterocycles. The molecule has 0 saturated heterocycles. The smallest absolute Gasteiger partial charge is 0.269 e. The summed E-state index contributed by atoms with van der Waals surface area (Å²) in [6.45, 7) is 10.1. The van der Waals surface area contributed by atoms with Gasteiger partial charge in [-0.2, -0.15) is 0 Å². The Labute approximate surface area is 177 Å². The Kier molecular flexibility index (Phi) is 7.34. The second-order valence-corrected chi connectivity index (χ2v) is 8.29. The first-order valence-electron chi connectivity index (χ1n) is 9.35. The molecule has 0 fully saturated rings. The molecule has 2 rings (SSSR count). The van der Waals surface area contributed by atoms with Crippen molar-refractivity contribution in [2.75, 3.05) is 0 Å². The van der Waals surface area contributed by atoms with Crippen molar-refractivity contribution in [1.29, 1.82) is 0 Å². The molecular formula is C22H27N3O3S. The van der Waals surface area contributed by atoms with Gasteiger partial charge < -0.3 is 4.74 Å². The van der Waals surface area contributed by atoms with Gasteiger partial charge in [0.25, 0.3) is 11.8 Å². The number of thiocarbonyl (C=S) groups is 1. The van der Waals surface area contributed by atoms with Crippen molar-refractivity contribution in [1.82, 2.24) is 16.2 Å². The molecule has 2 aromatic carbocycles. The summed E-state index contributed by atoms with van der Waals surface area (Å²) in [6, 6.07) is 14.1. The molecule has 2 amide bonds.